The van der Waals surface area contributed by atoms with Crippen molar-refractivity contribution in [3.05, 3.63) is 5.01 Å². The van der Waals surface area contributed by atoms with Gasteiger partial charge in [-0.05, 0) is 12.8 Å². The molecule has 1 fully saturated rings. The van der Waals surface area contributed by atoms with Gasteiger partial charge in [0.2, 0.25) is 11.0 Å². The summed E-state index contributed by atoms with van der Waals surface area (Å²) < 4.78 is 0. The van der Waals surface area contributed by atoms with Crippen molar-refractivity contribution in [1.82, 2.24) is 10.2 Å². The third-order valence-corrected chi connectivity index (χ3v) is 3.77. The van der Waals surface area contributed by atoms with Crippen molar-refractivity contribution in [3.63, 3.8) is 0 Å². The lowest BCUT2D eigenvalue weighted by atomic mass is 9.86. The lowest BCUT2D eigenvalue weighted by Crippen LogP contribution is -2.11. The van der Waals surface area contributed by atoms with Crippen LogP contribution in [0.4, 0.5) is 5.13 Å². The van der Waals surface area contributed by atoms with E-state index in [9.17, 15) is 4.79 Å². The number of aromatic nitrogens is 2. The number of carbonyl (C=O) groups is 1. The van der Waals surface area contributed by atoms with Crippen LogP contribution < -0.4 is 5.32 Å². The maximum Gasteiger partial charge on any atom is 0.236 e. The van der Waals surface area contributed by atoms with Crippen molar-refractivity contribution < 1.29 is 4.79 Å². The first-order valence-electron chi connectivity index (χ1n) is 4.49. The molecule has 0 bridgehead atoms. The number of hydrogen-bond acceptors (Lipinski definition) is 4. The van der Waals surface area contributed by atoms with Gasteiger partial charge in [-0.3, -0.25) is 10.1 Å². The first-order valence-corrected chi connectivity index (χ1v) is 6.42. The molecular formula is C8H10BrN3OS. The van der Waals surface area contributed by atoms with Gasteiger partial charge in [0.25, 0.3) is 0 Å². The fourth-order valence-electron chi connectivity index (χ4n) is 1.26. The average Bonchev–Trinajstić information content (AvgIpc) is 2.50. The van der Waals surface area contributed by atoms with Crippen LogP contribution in [0.15, 0.2) is 0 Å². The summed E-state index contributed by atoms with van der Waals surface area (Å²) in [7, 11) is 0. The number of hydrogen-bond donors (Lipinski definition) is 1. The summed E-state index contributed by atoms with van der Waals surface area (Å²) in [6.45, 7) is 0. The number of nitrogens with one attached hydrogen (secondary N) is 1. The Morgan fingerprint density at radius 2 is 2.36 bits per heavy atom. The predicted octanol–water partition coefficient (Wildman–Crippen LogP) is 2.14. The number of alkyl halides is 1. The number of halogens is 1. The Morgan fingerprint density at radius 1 is 1.57 bits per heavy atom. The second-order valence-corrected chi connectivity index (χ2v) is 4.82. The quantitative estimate of drug-likeness (QED) is 0.860. The maximum atomic E-state index is 11.0. The molecule has 0 spiro atoms. The molecule has 4 nitrogen and oxygen atoms in total. The molecule has 1 N–H and O–H groups in total. The van der Waals surface area contributed by atoms with E-state index in [0.717, 1.165) is 5.01 Å². The molecule has 0 saturated heterocycles. The van der Waals surface area contributed by atoms with Gasteiger partial charge in [-0.2, -0.15) is 0 Å². The predicted molar refractivity (Wildman–Crippen MR) is 58.9 cm³/mol. The van der Waals surface area contributed by atoms with Gasteiger partial charge < -0.3 is 0 Å². The van der Waals surface area contributed by atoms with E-state index in [1.807, 2.05) is 0 Å². The van der Waals surface area contributed by atoms with Gasteiger partial charge in [-0.1, -0.05) is 33.7 Å². The fourth-order valence-corrected chi connectivity index (χ4v) is 2.33. The zero-order valence-electron chi connectivity index (χ0n) is 7.49. The summed E-state index contributed by atoms with van der Waals surface area (Å²) in [5, 5.41) is 12.6. The molecule has 0 radical (unpaired) electrons. The molecule has 76 valence electrons. The van der Waals surface area contributed by atoms with E-state index in [1.165, 1.54) is 30.6 Å². The molecule has 1 heterocycles. The Labute approximate surface area is 94.2 Å². The normalized spacial score (nSPS) is 16.4. The number of amides is 1. The molecule has 1 saturated carbocycles. The lowest BCUT2D eigenvalue weighted by molar-refractivity contribution is -0.113. The first kappa shape index (κ1) is 10.0. The molecule has 6 heteroatoms. The van der Waals surface area contributed by atoms with Gasteiger partial charge >= 0.3 is 0 Å². The Kier molecular flexibility index (Phi) is 3.12. The molecule has 2 rings (SSSR count). The standard InChI is InChI=1S/C8H10BrN3OS/c9-4-6(13)10-8-12-11-7(14-8)5-2-1-3-5/h5H,1-4H2,(H,10,12,13). The largest absolute Gasteiger partial charge is 0.300 e. The monoisotopic (exact) mass is 275 g/mol. The minimum absolute atomic E-state index is 0.0821. The van der Waals surface area contributed by atoms with E-state index in [1.54, 1.807) is 0 Å². The summed E-state index contributed by atoms with van der Waals surface area (Å²) >= 11 is 4.56. The smallest absolute Gasteiger partial charge is 0.236 e. The van der Waals surface area contributed by atoms with Crippen molar-refractivity contribution >= 4 is 38.3 Å². The highest BCUT2D eigenvalue weighted by Gasteiger charge is 2.23. The van der Waals surface area contributed by atoms with Crippen molar-refractivity contribution in [2.24, 2.45) is 0 Å². The van der Waals surface area contributed by atoms with Crippen LogP contribution in [0.25, 0.3) is 0 Å². The highest BCUT2D eigenvalue weighted by atomic mass is 79.9. The SMILES string of the molecule is O=C(CBr)Nc1nnc(C2CCC2)s1. The minimum atomic E-state index is -0.0821. The van der Waals surface area contributed by atoms with Crippen molar-refractivity contribution in [1.29, 1.82) is 0 Å². The number of nitrogens with zero attached hydrogens (tertiary/aromatic N) is 2. The molecule has 0 unspecified atom stereocenters. The van der Waals surface area contributed by atoms with Crippen LogP contribution in [0.5, 0.6) is 0 Å². The van der Waals surface area contributed by atoms with E-state index in [-0.39, 0.29) is 5.91 Å². The highest BCUT2D eigenvalue weighted by Crippen LogP contribution is 2.38. The van der Waals surface area contributed by atoms with Gasteiger partial charge in [0.15, 0.2) is 0 Å². The van der Waals surface area contributed by atoms with Crippen LogP contribution in [0.1, 0.15) is 30.2 Å². The summed E-state index contributed by atoms with van der Waals surface area (Å²) in [4.78, 5) is 11.0. The number of rotatable bonds is 3. The second-order valence-electron chi connectivity index (χ2n) is 3.26. The molecule has 14 heavy (non-hydrogen) atoms. The van der Waals surface area contributed by atoms with Crippen molar-refractivity contribution in [2.45, 2.75) is 25.2 Å². The second kappa shape index (κ2) is 4.35. The van der Waals surface area contributed by atoms with Gasteiger partial charge in [0.1, 0.15) is 5.01 Å². The first-order chi connectivity index (χ1) is 6.79. The topological polar surface area (TPSA) is 54.9 Å². The molecule has 1 aliphatic carbocycles. The highest BCUT2D eigenvalue weighted by molar-refractivity contribution is 9.09. The van der Waals surface area contributed by atoms with E-state index in [2.05, 4.69) is 31.4 Å². The van der Waals surface area contributed by atoms with Crippen LogP contribution >= 0.6 is 27.3 Å². The molecule has 0 atom stereocenters. The maximum absolute atomic E-state index is 11.0. The fraction of sp³-hybridized carbons (Fsp3) is 0.625. The van der Waals surface area contributed by atoms with Crippen LogP contribution in [0.2, 0.25) is 0 Å². The van der Waals surface area contributed by atoms with Crippen LogP contribution in [0, 0.1) is 0 Å². The molecule has 0 aromatic carbocycles. The third-order valence-electron chi connectivity index (χ3n) is 2.26. The third kappa shape index (κ3) is 2.12. The molecule has 1 aliphatic rings. The summed E-state index contributed by atoms with van der Waals surface area (Å²) in [5.74, 6) is 0.503. The summed E-state index contributed by atoms with van der Waals surface area (Å²) in [6, 6.07) is 0. The number of carbonyl (C=O) groups excluding carboxylic acids is 1. The lowest BCUT2D eigenvalue weighted by Gasteiger charge is -2.21. The molecule has 1 aromatic heterocycles. The Morgan fingerprint density at radius 3 is 2.93 bits per heavy atom. The van der Waals surface area contributed by atoms with E-state index >= 15 is 0 Å². The Balaban J connectivity index is 1.98. The van der Waals surface area contributed by atoms with Gasteiger partial charge in [0.05, 0.1) is 5.33 Å². The van der Waals surface area contributed by atoms with Crippen LogP contribution in [-0.4, -0.2) is 21.4 Å². The van der Waals surface area contributed by atoms with E-state index in [0.29, 0.717) is 16.4 Å². The zero-order valence-corrected chi connectivity index (χ0v) is 9.90. The molecule has 1 aromatic rings. The van der Waals surface area contributed by atoms with Gasteiger partial charge in [0, 0.05) is 5.92 Å². The number of anilines is 1. The Hall–Kier alpha value is -0.490. The van der Waals surface area contributed by atoms with E-state index < -0.39 is 0 Å². The van der Waals surface area contributed by atoms with Crippen molar-refractivity contribution in [3.8, 4) is 0 Å². The zero-order chi connectivity index (χ0) is 9.97. The summed E-state index contributed by atoms with van der Waals surface area (Å²) in [5.41, 5.74) is 0. The van der Waals surface area contributed by atoms with E-state index in [4.69, 9.17) is 0 Å². The van der Waals surface area contributed by atoms with Crippen LogP contribution in [-0.2, 0) is 4.79 Å². The van der Waals surface area contributed by atoms with Crippen molar-refractivity contribution in [2.75, 3.05) is 10.6 Å². The molecular weight excluding hydrogens is 266 g/mol. The minimum Gasteiger partial charge on any atom is -0.300 e. The Bertz CT molecular complexity index is 337. The van der Waals surface area contributed by atoms with Gasteiger partial charge in [-0.25, -0.2) is 0 Å². The van der Waals surface area contributed by atoms with Gasteiger partial charge in [-0.15, -0.1) is 10.2 Å². The van der Waals surface area contributed by atoms with Crippen LogP contribution in [0.3, 0.4) is 0 Å². The molecule has 1 amide bonds. The summed E-state index contributed by atoms with van der Waals surface area (Å²) in [6.07, 6.45) is 3.70. The molecule has 0 aliphatic heterocycles. The average molecular weight is 276 g/mol.